The third kappa shape index (κ3) is 4.83. The molecule has 0 amide bonds. The van der Waals surface area contributed by atoms with Gasteiger partial charge in [0.05, 0.1) is 6.61 Å². The molecule has 0 atom stereocenters. The number of terminal acetylenes is 1. The second-order valence-corrected chi connectivity index (χ2v) is 4.80. The summed E-state index contributed by atoms with van der Waals surface area (Å²) in [4.78, 5) is 0. The molecule has 3 heteroatoms. The molecule has 114 valence electrons. The van der Waals surface area contributed by atoms with Crippen LogP contribution in [0.1, 0.15) is 18.1 Å². The van der Waals surface area contributed by atoms with Gasteiger partial charge in [-0.15, -0.1) is 6.42 Å². The fraction of sp³-hybridized carbons (Fsp3) is 0.263. The minimum atomic E-state index is 0.242. The molecule has 0 bridgehead atoms. The van der Waals surface area contributed by atoms with E-state index in [0.29, 0.717) is 12.4 Å². The highest BCUT2D eigenvalue weighted by atomic mass is 16.5. The molecule has 0 aromatic heterocycles. The van der Waals surface area contributed by atoms with Gasteiger partial charge in [0.15, 0.2) is 11.5 Å². The van der Waals surface area contributed by atoms with Gasteiger partial charge in [0.1, 0.15) is 6.61 Å². The molecule has 0 unspecified atom stereocenters. The van der Waals surface area contributed by atoms with Crippen molar-refractivity contribution in [3.05, 3.63) is 59.7 Å². The summed E-state index contributed by atoms with van der Waals surface area (Å²) >= 11 is 0. The highest BCUT2D eigenvalue weighted by Gasteiger charge is 2.06. The van der Waals surface area contributed by atoms with Crippen molar-refractivity contribution in [2.75, 3.05) is 13.2 Å². The number of ether oxygens (including phenoxy) is 2. The molecule has 22 heavy (non-hydrogen) atoms. The number of nitrogens with one attached hydrogen (secondary N) is 1. The van der Waals surface area contributed by atoms with Gasteiger partial charge in [0.25, 0.3) is 0 Å². The zero-order valence-corrected chi connectivity index (χ0v) is 12.8. The summed E-state index contributed by atoms with van der Waals surface area (Å²) in [5, 5.41) is 3.42. The van der Waals surface area contributed by atoms with Crippen LogP contribution in [0.3, 0.4) is 0 Å². The molecule has 0 radical (unpaired) electrons. The third-order valence-electron chi connectivity index (χ3n) is 3.12. The van der Waals surface area contributed by atoms with Crippen LogP contribution in [0.2, 0.25) is 0 Å². The molecule has 2 aromatic carbocycles. The molecule has 0 fully saturated rings. The van der Waals surface area contributed by atoms with Crippen molar-refractivity contribution in [3.63, 3.8) is 0 Å². The molecule has 0 spiro atoms. The van der Waals surface area contributed by atoms with E-state index in [0.717, 1.165) is 24.4 Å². The summed E-state index contributed by atoms with van der Waals surface area (Å²) < 4.78 is 11.1. The number of benzene rings is 2. The van der Waals surface area contributed by atoms with E-state index in [1.807, 2.05) is 43.3 Å². The Morgan fingerprint density at radius 2 is 1.73 bits per heavy atom. The minimum absolute atomic E-state index is 0.242. The van der Waals surface area contributed by atoms with Gasteiger partial charge in [0.2, 0.25) is 0 Å². The van der Waals surface area contributed by atoms with Crippen molar-refractivity contribution < 1.29 is 9.47 Å². The first kappa shape index (κ1) is 15.9. The van der Waals surface area contributed by atoms with E-state index in [1.54, 1.807) is 0 Å². The lowest BCUT2D eigenvalue weighted by Crippen LogP contribution is -2.12. The van der Waals surface area contributed by atoms with Crippen LogP contribution in [0.5, 0.6) is 11.5 Å². The highest BCUT2D eigenvalue weighted by Crippen LogP contribution is 2.28. The zero-order valence-electron chi connectivity index (χ0n) is 12.8. The topological polar surface area (TPSA) is 30.5 Å². The standard InChI is InChI=1S/C19H21NO2/c1-3-12-22-18-11-10-17(13-19(18)21-4-2)15-20-14-16-8-6-5-7-9-16/h1,5-11,13,20H,4,12,14-15H2,2H3. The number of hydrogen-bond donors (Lipinski definition) is 1. The van der Waals surface area contributed by atoms with Crippen LogP contribution in [-0.4, -0.2) is 13.2 Å². The van der Waals surface area contributed by atoms with Crippen LogP contribution < -0.4 is 14.8 Å². The minimum Gasteiger partial charge on any atom is -0.490 e. The maximum absolute atomic E-state index is 5.62. The summed E-state index contributed by atoms with van der Waals surface area (Å²) in [7, 11) is 0. The Morgan fingerprint density at radius 3 is 2.45 bits per heavy atom. The Kier molecular flexibility index (Phi) is 6.35. The second kappa shape index (κ2) is 8.76. The smallest absolute Gasteiger partial charge is 0.162 e. The molecule has 2 aromatic rings. The lowest BCUT2D eigenvalue weighted by atomic mass is 10.2. The Morgan fingerprint density at radius 1 is 0.955 bits per heavy atom. The average Bonchev–Trinajstić information content (AvgIpc) is 2.55. The Bertz CT molecular complexity index is 617. The molecular weight excluding hydrogens is 274 g/mol. The Balaban J connectivity index is 1.96. The van der Waals surface area contributed by atoms with Gasteiger partial charge in [-0.2, -0.15) is 0 Å². The van der Waals surface area contributed by atoms with Gasteiger partial charge < -0.3 is 14.8 Å². The molecule has 0 aliphatic carbocycles. The first-order valence-electron chi connectivity index (χ1n) is 7.40. The monoisotopic (exact) mass is 295 g/mol. The van der Waals surface area contributed by atoms with Gasteiger partial charge in [-0.25, -0.2) is 0 Å². The molecular formula is C19H21NO2. The quantitative estimate of drug-likeness (QED) is 0.757. The van der Waals surface area contributed by atoms with Gasteiger partial charge in [-0.05, 0) is 30.2 Å². The van der Waals surface area contributed by atoms with Crippen LogP contribution in [-0.2, 0) is 13.1 Å². The lowest BCUT2D eigenvalue weighted by Gasteiger charge is -2.12. The van der Waals surface area contributed by atoms with E-state index in [4.69, 9.17) is 15.9 Å². The van der Waals surface area contributed by atoms with Crippen LogP contribution in [0.15, 0.2) is 48.5 Å². The predicted molar refractivity (Wildman–Crippen MR) is 88.9 cm³/mol. The van der Waals surface area contributed by atoms with Gasteiger partial charge in [0, 0.05) is 13.1 Å². The van der Waals surface area contributed by atoms with Gasteiger partial charge in [-0.3, -0.25) is 0 Å². The summed E-state index contributed by atoms with van der Waals surface area (Å²) in [5.41, 5.74) is 2.41. The first-order valence-corrected chi connectivity index (χ1v) is 7.40. The van der Waals surface area contributed by atoms with Crippen molar-refractivity contribution in [2.45, 2.75) is 20.0 Å². The third-order valence-corrected chi connectivity index (χ3v) is 3.12. The van der Waals surface area contributed by atoms with Crippen molar-refractivity contribution >= 4 is 0 Å². The van der Waals surface area contributed by atoms with E-state index >= 15 is 0 Å². The molecule has 0 heterocycles. The first-order chi connectivity index (χ1) is 10.8. The molecule has 3 nitrogen and oxygen atoms in total. The SMILES string of the molecule is C#CCOc1ccc(CNCc2ccccc2)cc1OCC. The normalized spacial score (nSPS) is 10.0. The number of hydrogen-bond acceptors (Lipinski definition) is 3. The largest absolute Gasteiger partial charge is 0.490 e. The van der Waals surface area contributed by atoms with Crippen molar-refractivity contribution in [1.29, 1.82) is 0 Å². The maximum Gasteiger partial charge on any atom is 0.162 e. The van der Waals surface area contributed by atoms with Gasteiger partial charge >= 0.3 is 0 Å². The summed E-state index contributed by atoms with van der Waals surface area (Å²) in [6.45, 7) is 4.38. The molecule has 0 aliphatic rings. The van der Waals surface area contributed by atoms with E-state index in [2.05, 4.69) is 23.4 Å². The fourth-order valence-corrected chi connectivity index (χ4v) is 2.12. The van der Waals surface area contributed by atoms with Crippen LogP contribution in [0, 0.1) is 12.3 Å². The Labute approximate surface area is 132 Å². The zero-order chi connectivity index (χ0) is 15.6. The van der Waals surface area contributed by atoms with Crippen molar-refractivity contribution in [3.8, 4) is 23.8 Å². The van der Waals surface area contributed by atoms with Crippen molar-refractivity contribution in [2.24, 2.45) is 0 Å². The summed E-state index contributed by atoms with van der Waals surface area (Å²) in [6.07, 6.45) is 5.23. The van der Waals surface area contributed by atoms with Gasteiger partial charge in [-0.1, -0.05) is 42.3 Å². The molecule has 0 saturated heterocycles. The Hall–Kier alpha value is -2.44. The molecule has 1 N–H and O–H groups in total. The van der Waals surface area contributed by atoms with E-state index in [1.165, 1.54) is 5.56 Å². The van der Waals surface area contributed by atoms with Crippen LogP contribution in [0.4, 0.5) is 0 Å². The molecule has 2 rings (SSSR count). The molecule has 0 aliphatic heterocycles. The van der Waals surface area contributed by atoms with Crippen LogP contribution in [0.25, 0.3) is 0 Å². The van der Waals surface area contributed by atoms with E-state index in [-0.39, 0.29) is 6.61 Å². The highest BCUT2D eigenvalue weighted by molar-refractivity contribution is 5.43. The summed E-state index contributed by atoms with van der Waals surface area (Å²) in [5.74, 6) is 3.88. The second-order valence-electron chi connectivity index (χ2n) is 4.80. The lowest BCUT2D eigenvalue weighted by molar-refractivity contribution is 0.299. The average molecular weight is 295 g/mol. The van der Waals surface area contributed by atoms with Crippen molar-refractivity contribution in [1.82, 2.24) is 5.32 Å². The van der Waals surface area contributed by atoms with E-state index < -0.39 is 0 Å². The van der Waals surface area contributed by atoms with Crippen LogP contribution >= 0.6 is 0 Å². The summed E-state index contributed by atoms with van der Waals surface area (Å²) in [6, 6.07) is 16.2. The fourth-order valence-electron chi connectivity index (χ4n) is 2.12. The molecule has 0 saturated carbocycles. The van der Waals surface area contributed by atoms with E-state index in [9.17, 15) is 0 Å². The predicted octanol–water partition coefficient (Wildman–Crippen LogP) is 3.39. The maximum atomic E-state index is 5.62. The number of rotatable bonds is 8.